The molecule has 6 N–H and O–H groups in total. The fourth-order valence-corrected chi connectivity index (χ4v) is 2.88. The summed E-state index contributed by atoms with van der Waals surface area (Å²) in [5.74, 6) is 0.843. The molecule has 0 aliphatic carbocycles. The van der Waals surface area contributed by atoms with Crippen molar-refractivity contribution in [3.05, 3.63) is 54.6 Å². The summed E-state index contributed by atoms with van der Waals surface area (Å²) in [5.41, 5.74) is 12.7. The predicted octanol–water partition coefficient (Wildman–Crippen LogP) is 2.30. The summed E-state index contributed by atoms with van der Waals surface area (Å²) in [7, 11) is -4.44. The van der Waals surface area contributed by atoms with Crippen molar-refractivity contribution in [3.8, 4) is 11.4 Å². The van der Waals surface area contributed by atoms with Gasteiger partial charge in [-0.3, -0.25) is 4.55 Å². The van der Waals surface area contributed by atoms with Gasteiger partial charge in [0.15, 0.2) is 5.82 Å². The third-order valence-corrected chi connectivity index (χ3v) is 4.23. The van der Waals surface area contributed by atoms with Crippen LogP contribution in [0.1, 0.15) is 0 Å². The molecule has 3 rings (SSSR count). The van der Waals surface area contributed by atoms with E-state index in [4.69, 9.17) is 11.5 Å². The van der Waals surface area contributed by atoms with Gasteiger partial charge in [0.2, 0.25) is 0 Å². The molecule has 9 heteroatoms. The smallest absolute Gasteiger partial charge is 0.296 e. The van der Waals surface area contributed by atoms with Gasteiger partial charge in [0, 0.05) is 17.3 Å². The highest BCUT2D eigenvalue weighted by atomic mass is 32.2. The van der Waals surface area contributed by atoms with E-state index in [9.17, 15) is 13.0 Å². The number of benzene rings is 2. The van der Waals surface area contributed by atoms with Gasteiger partial charge in [0.25, 0.3) is 10.1 Å². The zero-order valence-electron chi connectivity index (χ0n) is 12.9. The first-order valence-corrected chi connectivity index (χ1v) is 8.61. The van der Waals surface area contributed by atoms with Crippen LogP contribution in [0.5, 0.6) is 0 Å². The van der Waals surface area contributed by atoms with Crippen LogP contribution in [0.2, 0.25) is 0 Å². The second-order valence-electron chi connectivity index (χ2n) is 5.22. The first kappa shape index (κ1) is 16.7. The normalized spacial score (nSPS) is 11.2. The lowest BCUT2D eigenvalue weighted by atomic mass is 10.2. The largest absolute Gasteiger partial charge is 0.399 e. The molecule has 1 heterocycles. The van der Waals surface area contributed by atoms with Crippen LogP contribution in [0, 0.1) is 0 Å². The molecule has 0 saturated carbocycles. The summed E-state index contributed by atoms with van der Waals surface area (Å²) >= 11 is 0. The van der Waals surface area contributed by atoms with E-state index < -0.39 is 10.1 Å². The third kappa shape index (κ3) is 3.84. The predicted molar refractivity (Wildman–Crippen MR) is 95.8 cm³/mol. The molecule has 0 aliphatic heterocycles. The summed E-state index contributed by atoms with van der Waals surface area (Å²) in [5, 5.41) is 2.82. The number of hydrogen-bond donors (Lipinski definition) is 4. The molecule has 0 saturated heterocycles. The Morgan fingerprint density at radius 1 is 0.960 bits per heavy atom. The zero-order chi connectivity index (χ0) is 18.0. The topological polar surface area (TPSA) is 144 Å². The molecule has 0 aliphatic rings. The van der Waals surface area contributed by atoms with Crippen molar-refractivity contribution in [2.75, 3.05) is 16.8 Å². The summed E-state index contributed by atoms with van der Waals surface area (Å²) < 4.78 is 32.4. The number of nitrogens with one attached hydrogen (secondary N) is 1. The standard InChI is InChI=1S/C16H15N5O3S/c17-11-6-7-13(25(22,23)24)12(8-11)19-15-9-14(18)20-16(21-15)10-4-2-1-3-5-10/h1-9H,17H2,(H,22,23,24)(H3,18,19,20,21). The molecule has 0 atom stereocenters. The molecule has 0 amide bonds. The lowest BCUT2D eigenvalue weighted by Gasteiger charge is -2.12. The van der Waals surface area contributed by atoms with Gasteiger partial charge in [-0.15, -0.1) is 0 Å². The maximum Gasteiger partial charge on any atom is 0.296 e. The minimum Gasteiger partial charge on any atom is -0.399 e. The van der Waals surface area contributed by atoms with Crippen molar-refractivity contribution in [1.29, 1.82) is 0 Å². The van der Waals surface area contributed by atoms with Gasteiger partial charge in [0.1, 0.15) is 16.5 Å². The second-order valence-corrected chi connectivity index (χ2v) is 6.61. The summed E-state index contributed by atoms with van der Waals surface area (Å²) in [6.45, 7) is 0. The fraction of sp³-hybridized carbons (Fsp3) is 0. The number of anilines is 4. The van der Waals surface area contributed by atoms with Crippen LogP contribution in [-0.2, 0) is 10.1 Å². The zero-order valence-corrected chi connectivity index (χ0v) is 13.7. The van der Waals surface area contributed by atoms with Crippen LogP contribution in [0.4, 0.5) is 23.0 Å². The minimum absolute atomic E-state index is 0.0830. The van der Waals surface area contributed by atoms with Gasteiger partial charge < -0.3 is 16.8 Å². The van der Waals surface area contributed by atoms with Crippen molar-refractivity contribution in [2.45, 2.75) is 4.90 Å². The first-order chi connectivity index (χ1) is 11.8. The maximum absolute atomic E-state index is 11.5. The van der Waals surface area contributed by atoms with Crippen LogP contribution in [0.25, 0.3) is 11.4 Å². The van der Waals surface area contributed by atoms with E-state index in [2.05, 4.69) is 15.3 Å². The Kier molecular flexibility index (Phi) is 4.26. The Labute approximate surface area is 144 Å². The van der Waals surface area contributed by atoms with Gasteiger partial charge in [-0.1, -0.05) is 30.3 Å². The highest BCUT2D eigenvalue weighted by Crippen LogP contribution is 2.28. The monoisotopic (exact) mass is 357 g/mol. The van der Waals surface area contributed by atoms with Gasteiger partial charge in [-0.05, 0) is 18.2 Å². The SMILES string of the molecule is Nc1ccc(S(=O)(=O)O)c(Nc2cc(N)nc(-c3ccccc3)n2)c1. The van der Waals surface area contributed by atoms with Crippen molar-refractivity contribution in [2.24, 2.45) is 0 Å². The highest BCUT2D eigenvalue weighted by Gasteiger charge is 2.17. The lowest BCUT2D eigenvalue weighted by Crippen LogP contribution is -2.06. The van der Waals surface area contributed by atoms with Crippen LogP contribution in [0.3, 0.4) is 0 Å². The molecule has 0 bridgehead atoms. The number of nitrogen functional groups attached to an aromatic ring is 2. The number of nitrogens with zero attached hydrogens (tertiary/aromatic N) is 2. The second kappa shape index (κ2) is 6.38. The average Bonchev–Trinajstić information content (AvgIpc) is 2.54. The average molecular weight is 357 g/mol. The molecule has 0 fully saturated rings. The number of aromatic nitrogens is 2. The van der Waals surface area contributed by atoms with E-state index in [0.717, 1.165) is 5.56 Å². The molecular weight excluding hydrogens is 342 g/mol. The fourth-order valence-electron chi connectivity index (χ4n) is 2.25. The summed E-state index contributed by atoms with van der Waals surface area (Å²) in [4.78, 5) is 8.18. The molecule has 2 aromatic carbocycles. The number of nitrogens with two attached hydrogens (primary N) is 2. The third-order valence-electron chi connectivity index (χ3n) is 3.32. The van der Waals surface area contributed by atoms with E-state index in [0.29, 0.717) is 11.5 Å². The Morgan fingerprint density at radius 3 is 2.36 bits per heavy atom. The molecule has 25 heavy (non-hydrogen) atoms. The first-order valence-electron chi connectivity index (χ1n) is 7.17. The van der Waals surface area contributed by atoms with Gasteiger partial charge in [-0.25, -0.2) is 9.97 Å². The molecular formula is C16H15N5O3S. The molecule has 0 spiro atoms. The maximum atomic E-state index is 11.5. The number of hydrogen-bond acceptors (Lipinski definition) is 7. The van der Waals surface area contributed by atoms with Crippen LogP contribution in [0.15, 0.2) is 59.5 Å². The van der Waals surface area contributed by atoms with E-state index >= 15 is 0 Å². The molecule has 128 valence electrons. The Hall–Kier alpha value is -3.17. The van der Waals surface area contributed by atoms with Crippen molar-refractivity contribution in [1.82, 2.24) is 9.97 Å². The Bertz CT molecular complexity index is 1020. The van der Waals surface area contributed by atoms with E-state index in [-0.39, 0.29) is 22.2 Å². The van der Waals surface area contributed by atoms with Crippen LogP contribution in [-0.4, -0.2) is 22.9 Å². The summed E-state index contributed by atoms with van der Waals surface area (Å²) in [6.07, 6.45) is 0. The van der Waals surface area contributed by atoms with E-state index in [1.165, 1.54) is 24.3 Å². The van der Waals surface area contributed by atoms with Crippen LogP contribution < -0.4 is 16.8 Å². The highest BCUT2D eigenvalue weighted by molar-refractivity contribution is 7.86. The van der Waals surface area contributed by atoms with Crippen molar-refractivity contribution in [3.63, 3.8) is 0 Å². The van der Waals surface area contributed by atoms with Gasteiger partial charge in [0.05, 0.1) is 5.69 Å². The molecule has 3 aromatic rings. The Morgan fingerprint density at radius 2 is 1.68 bits per heavy atom. The summed E-state index contributed by atoms with van der Waals surface area (Å²) in [6, 6.07) is 14.6. The Balaban J connectivity index is 2.05. The lowest BCUT2D eigenvalue weighted by molar-refractivity contribution is 0.483. The van der Waals surface area contributed by atoms with E-state index in [1.807, 2.05) is 30.3 Å². The molecule has 1 aromatic heterocycles. The van der Waals surface area contributed by atoms with Crippen LogP contribution >= 0.6 is 0 Å². The molecule has 0 radical (unpaired) electrons. The molecule has 0 unspecified atom stereocenters. The number of rotatable bonds is 4. The minimum atomic E-state index is -4.44. The molecule has 8 nitrogen and oxygen atoms in total. The van der Waals surface area contributed by atoms with Gasteiger partial charge in [-0.2, -0.15) is 8.42 Å². The quantitative estimate of drug-likeness (QED) is 0.411. The van der Waals surface area contributed by atoms with Crippen molar-refractivity contribution < 1.29 is 13.0 Å². The van der Waals surface area contributed by atoms with Gasteiger partial charge >= 0.3 is 0 Å². The van der Waals surface area contributed by atoms with Crippen molar-refractivity contribution >= 4 is 33.1 Å². The van der Waals surface area contributed by atoms with E-state index in [1.54, 1.807) is 0 Å².